The zero-order valence-electron chi connectivity index (χ0n) is 38.6. The van der Waals surface area contributed by atoms with E-state index in [4.69, 9.17) is 9.47 Å². The molecule has 3 aliphatic heterocycles. The standard InChI is InChI=1S/C52H58N8O7.ClH/c1-36-29-37(30-42-33-53-60(47(36)42)35-67-51(64)40-13-7-4-8-14-40)31-45(49(62)57-27-25-56(26-28-57)43-19-21-55(2)22-20-43)54-52(65)58-23-17-38(18-24-58)44-32-41-15-9-10-16-46(41)59(48(44)61)34-66-50(63)39-11-5-3-6-12-39;/h3-16,29-30,32-33,38,43,45H,17-28,31,34-35H2,1-2H3,(H,54,65);1H/t45-;/m1./s1. The first-order valence-electron chi connectivity index (χ1n) is 23.4. The predicted molar refractivity (Wildman–Crippen MR) is 262 cm³/mol. The fourth-order valence-corrected chi connectivity index (χ4v) is 10.0. The number of hydrogen-bond donors (Lipinski definition) is 1. The van der Waals surface area contributed by atoms with Crippen molar-refractivity contribution in [2.75, 3.05) is 59.4 Å². The fourth-order valence-electron chi connectivity index (χ4n) is 10.0. The molecule has 0 unspecified atom stereocenters. The number of piperidine rings is 2. The molecule has 356 valence electrons. The molecule has 5 heterocycles. The third-order valence-corrected chi connectivity index (χ3v) is 13.8. The smallest absolute Gasteiger partial charge is 0.339 e. The Bertz CT molecular complexity index is 2800. The van der Waals surface area contributed by atoms with E-state index in [1.807, 2.05) is 66.4 Å². The average Bonchev–Trinajstić information content (AvgIpc) is 3.79. The number of carbonyl (C=O) groups excluding carboxylic acids is 4. The normalized spacial score (nSPS) is 16.9. The van der Waals surface area contributed by atoms with Crippen LogP contribution in [0.5, 0.6) is 0 Å². The van der Waals surface area contributed by atoms with E-state index in [1.54, 1.807) is 64.3 Å². The van der Waals surface area contributed by atoms with Crippen LogP contribution in [0.15, 0.2) is 114 Å². The minimum Gasteiger partial charge on any atom is -0.440 e. The van der Waals surface area contributed by atoms with Gasteiger partial charge in [-0.05, 0) is 118 Å². The van der Waals surface area contributed by atoms with Crippen LogP contribution in [0.1, 0.15) is 69.0 Å². The van der Waals surface area contributed by atoms with Crippen LogP contribution in [0.4, 0.5) is 4.79 Å². The van der Waals surface area contributed by atoms with E-state index < -0.39 is 18.0 Å². The summed E-state index contributed by atoms with van der Waals surface area (Å²) in [5.74, 6) is -1.20. The largest absolute Gasteiger partial charge is 0.440 e. The first-order valence-corrected chi connectivity index (χ1v) is 23.4. The maximum absolute atomic E-state index is 14.6. The van der Waals surface area contributed by atoms with Crippen LogP contribution in [0.2, 0.25) is 0 Å². The molecule has 3 amide bonds. The van der Waals surface area contributed by atoms with Crippen molar-refractivity contribution in [2.24, 2.45) is 0 Å². The highest BCUT2D eigenvalue weighted by Crippen LogP contribution is 2.29. The van der Waals surface area contributed by atoms with Crippen LogP contribution in [-0.2, 0) is 34.2 Å². The molecule has 4 aromatic carbocycles. The first kappa shape index (κ1) is 47.9. The van der Waals surface area contributed by atoms with Gasteiger partial charge < -0.3 is 29.5 Å². The molecule has 68 heavy (non-hydrogen) atoms. The van der Waals surface area contributed by atoms with Gasteiger partial charge in [0.2, 0.25) is 5.91 Å². The van der Waals surface area contributed by atoms with Gasteiger partial charge in [0, 0.05) is 62.7 Å². The Balaban J connectivity index is 0.00000625. The van der Waals surface area contributed by atoms with Crippen molar-refractivity contribution in [2.45, 2.75) is 70.5 Å². The number of para-hydroxylation sites is 1. The van der Waals surface area contributed by atoms with Crippen LogP contribution in [0, 0.1) is 6.92 Å². The number of urea groups is 1. The number of nitrogens with zero attached hydrogens (tertiary/aromatic N) is 7. The summed E-state index contributed by atoms with van der Waals surface area (Å²) in [6.45, 7) is 7.36. The molecule has 15 nitrogen and oxygen atoms in total. The molecule has 0 aliphatic carbocycles. The Kier molecular flexibility index (Phi) is 15.2. The Hall–Kier alpha value is -6.55. The van der Waals surface area contributed by atoms with Crippen molar-refractivity contribution < 1.29 is 28.7 Å². The highest BCUT2D eigenvalue weighted by atomic mass is 35.5. The van der Waals surface area contributed by atoms with Crippen LogP contribution in [-0.4, -0.2) is 129 Å². The van der Waals surface area contributed by atoms with Crippen molar-refractivity contribution in [1.82, 2.24) is 39.3 Å². The second-order valence-electron chi connectivity index (χ2n) is 18.1. The van der Waals surface area contributed by atoms with E-state index in [0.29, 0.717) is 67.3 Å². The van der Waals surface area contributed by atoms with Crippen molar-refractivity contribution in [3.05, 3.63) is 147 Å². The molecule has 1 atom stereocenters. The van der Waals surface area contributed by atoms with Crippen LogP contribution < -0.4 is 10.9 Å². The minimum atomic E-state index is -0.829. The van der Waals surface area contributed by atoms with Gasteiger partial charge in [0.1, 0.15) is 6.04 Å². The highest BCUT2D eigenvalue weighted by Gasteiger charge is 2.34. The number of ether oxygens (including phenoxy) is 2. The second-order valence-corrected chi connectivity index (χ2v) is 18.1. The summed E-state index contributed by atoms with van der Waals surface area (Å²) < 4.78 is 14.4. The van der Waals surface area contributed by atoms with Crippen molar-refractivity contribution in [3.8, 4) is 0 Å². The van der Waals surface area contributed by atoms with Gasteiger partial charge in [-0.2, -0.15) is 5.10 Å². The SMILES string of the molecule is Cc1cc(C[C@@H](NC(=O)N2CCC(c3cc4ccccc4n(COC(=O)c4ccccc4)c3=O)CC2)C(=O)N2CCN(C3CCN(C)CC3)CC2)cc2cnn(COC(=O)c3ccccc3)c12.Cl. The monoisotopic (exact) mass is 942 g/mol. The van der Waals surface area contributed by atoms with E-state index in [9.17, 15) is 24.0 Å². The van der Waals surface area contributed by atoms with Gasteiger partial charge in [-0.1, -0.05) is 60.7 Å². The Morgan fingerprint density at radius 2 is 1.32 bits per heavy atom. The molecule has 2 aromatic heterocycles. The number of carbonyl (C=O) groups is 4. The molecular formula is C52H59ClN8O7. The average molecular weight is 944 g/mol. The number of halogens is 1. The Labute approximate surface area is 402 Å². The maximum atomic E-state index is 14.6. The van der Waals surface area contributed by atoms with Crippen molar-refractivity contribution >= 4 is 58.1 Å². The van der Waals surface area contributed by atoms with Gasteiger partial charge in [-0.25, -0.2) is 19.1 Å². The molecule has 1 N–H and O–H groups in total. The first-order chi connectivity index (χ1) is 32.6. The topological polar surface area (TPSA) is 152 Å². The molecule has 0 saturated carbocycles. The van der Waals surface area contributed by atoms with Crippen LogP contribution >= 0.6 is 12.4 Å². The lowest BCUT2D eigenvalue weighted by Gasteiger charge is -2.43. The number of esters is 2. The number of piperazine rings is 1. The highest BCUT2D eigenvalue weighted by molar-refractivity contribution is 5.90. The van der Waals surface area contributed by atoms with E-state index in [-0.39, 0.29) is 55.7 Å². The quantitative estimate of drug-likeness (QED) is 0.136. The summed E-state index contributed by atoms with van der Waals surface area (Å²) in [6, 6.07) is 30.3. The van der Waals surface area contributed by atoms with E-state index in [1.165, 1.54) is 4.57 Å². The molecule has 3 aliphatic rings. The van der Waals surface area contributed by atoms with E-state index in [0.717, 1.165) is 66.4 Å². The molecule has 0 radical (unpaired) electrons. The summed E-state index contributed by atoms with van der Waals surface area (Å²) in [5, 5.41) is 9.38. The lowest BCUT2D eigenvalue weighted by atomic mass is 9.89. The number of rotatable bonds is 12. The number of hydrogen-bond acceptors (Lipinski definition) is 10. The molecule has 16 heteroatoms. The number of pyridine rings is 1. The fraction of sp³-hybridized carbons (Fsp3) is 0.385. The predicted octanol–water partition coefficient (Wildman–Crippen LogP) is 6.45. The summed E-state index contributed by atoms with van der Waals surface area (Å²) in [5.41, 5.74) is 4.50. The summed E-state index contributed by atoms with van der Waals surface area (Å²) in [7, 11) is 2.16. The number of amides is 3. The number of fused-ring (bicyclic) bond motifs is 2. The number of likely N-dealkylation sites (tertiary alicyclic amines) is 2. The van der Waals surface area contributed by atoms with Gasteiger partial charge in [-0.3, -0.25) is 19.1 Å². The van der Waals surface area contributed by atoms with Gasteiger partial charge in [-0.15, -0.1) is 12.4 Å². The third kappa shape index (κ3) is 10.8. The molecule has 6 aromatic rings. The van der Waals surface area contributed by atoms with Crippen molar-refractivity contribution in [1.29, 1.82) is 0 Å². The summed E-state index contributed by atoms with van der Waals surface area (Å²) >= 11 is 0. The van der Waals surface area contributed by atoms with E-state index >= 15 is 0 Å². The summed E-state index contributed by atoms with van der Waals surface area (Å²) in [4.78, 5) is 77.1. The van der Waals surface area contributed by atoms with Crippen LogP contribution in [0.25, 0.3) is 21.8 Å². The van der Waals surface area contributed by atoms with Crippen LogP contribution in [0.3, 0.4) is 0 Å². The van der Waals surface area contributed by atoms with Crippen molar-refractivity contribution in [3.63, 3.8) is 0 Å². The maximum Gasteiger partial charge on any atom is 0.339 e. The molecular weight excluding hydrogens is 884 g/mol. The van der Waals surface area contributed by atoms with Gasteiger partial charge in [0.25, 0.3) is 5.56 Å². The number of benzene rings is 4. The molecule has 0 bridgehead atoms. The van der Waals surface area contributed by atoms with Gasteiger partial charge >= 0.3 is 18.0 Å². The molecule has 0 spiro atoms. The molecule has 3 saturated heterocycles. The number of aryl methyl sites for hydroxylation is 1. The third-order valence-electron chi connectivity index (χ3n) is 13.8. The zero-order valence-corrected chi connectivity index (χ0v) is 39.4. The lowest BCUT2D eigenvalue weighted by Crippen LogP contribution is -2.59. The minimum absolute atomic E-state index is 0. The number of aromatic nitrogens is 3. The second kappa shape index (κ2) is 21.6. The van der Waals surface area contributed by atoms with Gasteiger partial charge in [0.15, 0.2) is 13.5 Å². The Morgan fingerprint density at radius 1 is 0.706 bits per heavy atom. The summed E-state index contributed by atoms with van der Waals surface area (Å²) in [6.07, 6.45) is 5.33. The lowest BCUT2D eigenvalue weighted by molar-refractivity contribution is -0.135. The van der Waals surface area contributed by atoms with E-state index in [2.05, 4.69) is 27.3 Å². The van der Waals surface area contributed by atoms with Gasteiger partial charge in [0.05, 0.1) is 28.4 Å². The molecule has 9 rings (SSSR count). The molecule has 3 fully saturated rings. The zero-order chi connectivity index (χ0) is 46.4. The Morgan fingerprint density at radius 3 is 1.99 bits per heavy atom. The number of nitrogens with one attached hydrogen (secondary N) is 1.